The predicted molar refractivity (Wildman–Crippen MR) is 103 cm³/mol. The van der Waals surface area contributed by atoms with Gasteiger partial charge in [0.1, 0.15) is 17.4 Å². The van der Waals surface area contributed by atoms with Crippen molar-refractivity contribution < 1.29 is 19.4 Å². The molecule has 8 heteroatoms. The standard InChI is InChI=1S/C20H19FN4O3/c1-11-5-6-13-15(9-11)23-18(17-14(21)3-2-4-16(17)26)24-19(13)25(20(27)28)12-7-8-22-10-12/h2-6,9,12,22,26H,7-8,10H2,1H3,(H,27,28)/t12-/m1/s1. The van der Waals surface area contributed by atoms with Crippen LogP contribution in [0.25, 0.3) is 22.3 Å². The van der Waals surface area contributed by atoms with Crippen molar-refractivity contribution in [3.05, 3.63) is 47.8 Å². The minimum atomic E-state index is -1.14. The number of carbonyl (C=O) groups is 1. The molecule has 0 saturated carbocycles. The fraction of sp³-hybridized carbons (Fsp3) is 0.250. The molecule has 4 rings (SSSR count). The smallest absolute Gasteiger partial charge is 0.413 e. The Morgan fingerprint density at radius 2 is 2.11 bits per heavy atom. The van der Waals surface area contributed by atoms with Gasteiger partial charge in [0.25, 0.3) is 0 Å². The van der Waals surface area contributed by atoms with E-state index in [9.17, 15) is 19.4 Å². The molecule has 1 atom stereocenters. The minimum absolute atomic E-state index is 0.0547. The highest BCUT2D eigenvalue weighted by molar-refractivity contribution is 5.99. The van der Waals surface area contributed by atoms with Crippen LogP contribution in [0.3, 0.4) is 0 Å². The molecule has 1 amide bonds. The number of fused-ring (bicyclic) bond motifs is 1. The molecule has 7 nitrogen and oxygen atoms in total. The number of nitrogens with one attached hydrogen (secondary N) is 1. The molecule has 0 aliphatic carbocycles. The number of halogens is 1. The fourth-order valence-electron chi connectivity index (χ4n) is 3.53. The lowest BCUT2D eigenvalue weighted by atomic mass is 10.1. The molecule has 28 heavy (non-hydrogen) atoms. The predicted octanol–water partition coefficient (Wildman–Crippen LogP) is 3.30. The Morgan fingerprint density at radius 3 is 2.79 bits per heavy atom. The van der Waals surface area contributed by atoms with Crippen LogP contribution in [-0.2, 0) is 0 Å². The fourth-order valence-corrected chi connectivity index (χ4v) is 3.53. The first kappa shape index (κ1) is 18.1. The molecule has 2 aromatic carbocycles. The van der Waals surface area contributed by atoms with E-state index in [4.69, 9.17) is 0 Å². The summed E-state index contributed by atoms with van der Waals surface area (Å²) in [5.41, 5.74) is 1.26. The van der Waals surface area contributed by atoms with E-state index in [-0.39, 0.29) is 29.0 Å². The van der Waals surface area contributed by atoms with Crippen LogP contribution in [0, 0.1) is 12.7 Å². The van der Waals surface area contributed by atoms with Gasteiger partial charge in [-0.05, 0) is 49.7 Å². The second-order valence-corrected chi connectivity index (χ2v) is 6.82. The molecule has 1 aromatic heterocycles. The van der Waals surface area contributed by atoms with Gasteiger partial charge in [-0.3, -0.25) is 4.90 Å². The van der Waals surface area contributed by atoms with Gasteiger partial charge in [-0.2, -0.15) is 0 Å². The van der Waals surface area contributed by atoms with Gasteiger partial charge in [0.2, 0.25) is 0 Å². The molecule has 0 radical (unpaired) electrons. The van der Waals surface area contributed by atoms with Crippen molar-refractivity contribution in [2.75, 3.05) is 18.0 Å². The molecule has 1 fully saturated rings. The monoisotopic (exact) mass is 382 g/mol. The average molecular weight is 382 g/mol. The Kier molecular flexibility index (Phi) is 4.56. The van der Waals surface area contributed by atoms with E-state index in [2.05, 4.69) is 15.3 Å². The SMILES string of the molecule is Cc1ccc2c(N(C(=O)O)[C@@H]3CCNC3)nc(-c3c(O)cccc3F)nc2c1. The van der Waals surface area contributed by atoms with Crippen LogP contribution in [0.1, 0.15) is 12.0 Å². The Morgan fingerprint density at radius 1 is 1.29 bits per heavy atom. The maximum atomic E-state index is 14.4. The quantitative estimate of drug-likeness (QED) is 0.643. The zero-order chi connectivity index (χ0) is 19.8. The number of hydrogen-bond donors (Lipinski definition) is 3. The van der Waals surface area contributed by atoms with Gasteiger partial charge in [0.15, 0.2) is 5.82 Å². The van der Waals surface area contributed by atoms with Crippen molar-refractivity contribution in [1.82, 2.24) is 15.3 Å². The summed E-state index contributed by atoms with van der Waals surface area (Å²) in [5.74, 6) is -0.852. The first-order valence-corrected chi connectivity index (χ1v) is 8.95. The van der Waals surface area contributed by atoms with Crippen LogP contribution >= 0.6 is 0 Å². The van der Waals surface area contributed by atoms with E-state index in [0.717, 1.165) is 5.56 Å². The molecule has 0 bridgehead atoms. The normalized spacial score (nSPS) is 16.4. The number of amides is 1. The molecule has 3 aromatic rings. The third-order valence-corrected chi connectivity index (χ3v) is 4.88. The van der Waals surface area contributed by atoms with Crippen molar-refractivity contribution in [1.29, 1.82) is 0 Å². The van der Waals surface area contributed by atoms with Crippen molar-refractivity contribution in [2.24, 2.45) is 0 Å². The highest BCUT2D eigenvalue weighted by Gasteiger charge is 2.31. The van der Waals surface area contributed by atoms with E-state index < -0.39 is 11.9 Å². The third-order valence-electron chi connectivity index (χ3n) is 4.88. The van der Waals surface area contributed by atoms with E-state index >= 15 is 0 Å². The molecule has 1 aliphatic heterocycles. The summed E-state index contributed by atoms with van der Waals surface area (Å²) >= 11 is 0. The average Bonchev–Trinajstić information content (AvgIpc) is 3.15. The zero-order valence-electron chi connectivity index (χ0n) is 15.2. The summed E-state index contributed by atoms with van der Waals surface area (Å²) in [6.45, 7) is 3.10. The zero-order valence-corrected chi connectivity index (χ0v) is 15.2. The summed E-state index contributed by atoms with van der Waals surface area (Å²) in [4.78, 5) is 22.1. The summed E-state index contributed by atoms with van der Waals surface area (Å²) in [6.07, 6.45) is -0.498. The van der Waals surface area contributed by atoms with Crippen molar-refractivity contribution in [3.63, 3.8) is 0 Å². The van der Waals surface area contributed by atoms with Gasteiger partial charge in [0, 0.05) is 11.9 Å². The number of phenols is 1. The number of anilines is 1. The summed E-state index contributed by atoms with van der Waals surface area (Å²) in [6, 6.07) is 9.04. The van der Waals surface area contributed by atoms with E-state index in [1.807, 2.05) is 13.0 Å². The summed E-state index contributed by atoms with van der Waals surface area (Å²) in [7, 11) is 0. The second kappa shape index (κ2) is 7.05. The van der Waals surface area contributed by atoms with Gasteiger partial charge < -0.3 is 15.5 Å². The number of aromatic nitrogens is 2. The van der Waals surface area contributed by atoms with E-state index in [1.54, 1.807) is 12.1 Å². The van der Waals surface area contributed by atoms with Crippen molar-refractivity contribution in [3.8, 4) is 17.1 Å². The van der Waals surface area contributed by atoms with Crippen LogP contribution in [0.5, 0.6) is 5.75 Å². The summed E-state index contributed by atoms with van der Waals surface area (Å²) < 4.78 is 14.4. The molecule has 144 valence electrons. The molecular formula is C20H19FN4O3. The number of phenolic OH excluding ortho intramolecular Hbond substituents is 1. The number of aryl methyl sites for hydroxylation is 1. The van der Waals surface area contributed by atoms with Crippen LogP contribution in [0.4, 0.5) is 15.0 Å². The Hall–Kier alpha value is -3.26. The molecule has 3 N–H and O–H groups in total. The van der Waals surface area contributed by atoms with Gasteiger partial charge >= 0.3 is 6.09 Å². The highest BCUT2D eigenvalue weighted by Crippen LogP contribution is 2.34. The third kappa shape index (κ3) is 3.11. The second-order valence-electron chi connectivity index (χ2n) is 6.82. The van der Waals surface area contributed by atoms with Crippen molar-refractivity contribution >= 4 is 22.8 Å². The van der Waals surface area contributed by atoms with Gasteiger partial charge in [-0.15, -0.1) is 0 Å². The number of aromatic hydroxyl groups is 1. The van der Waals surface area contributed by atoms with Crippen LogP contribution in [0.15, 0.2) is 36.4 Å². The lowest BCUT2D eigenvalue weighted by Crippen LogP contribution is -2.41. The Balaban J connectivity index is 2.00. The van der Waals surface area contributed by atoms with E-state index in [1.165, 1.54) is 23.1 Å². The molecule has 0 unspecified atom stereocenters. The topological polar surface area (TPSA) is 98.6 Å². The first-order chi connectivity index (χ1) is 13.5. The van der Waals surface area contributed by atoms with Crippen LogP contribution in [-0.4, -0.2) is 45.4 Å². The Labute approximate surface area is 160 Å². The van der Waals surface area contributed by atoms with Crippen LogP contribution in [0.2, 0.25) is 0 Å². The molecule has 1 aliphatic rings. The lowest BCUT2D eigenvalue weighted by Gasteiger charge is -2.26. The number of rotatable bonds is 3. The first-order valence-electron chi connectivity index (χ1n) is 8.95. The van der Waals surface area contributed by atoms with Gasteiger partial charge in [-0.1, -0.05) is 12.1 Å². The molecule has 2 heterocycles. The maximum absolute atomic E-state index is 14.4. The molecule has 1 saturated heterocycles. The van der Waals surface area contributed by atoms with Gasteiger partial charge in [-0.25, -0.2) is 19.2 Å². The maximum Gasteiger partial charge on any atom is 0.413 e. The molecular weight excluding hydrogens is 363 g/mol. The van der Waals surface area contributed by atoms with Crippen LogP contribution < -0.4 is 10.2 Å². The lowest BCUT2D eigenvalue weighted by molar-refractivity contribution is 0.199. The molecule has 0 spiro atoms. The minimum Gasteiger partial charge on any atom is -0.507 e. The van der Waals surface area contributed by atoms with Crippen molar-refractivity contribution in [2.45, 2.75) is 19.4 Å². The van der Waals surface area contributed by atoms with E-state index in [0.29, 0.717) is 30.4 Å². The largest absolute Gasteiger partial charge is 0.507 e. The van der Waals surface area contributed by atoms with Gasteiger partial charge in [0.05, 0.1) is 17.1 Å². The highest BCUT2D eigenvalue weighted by atomic mass is 19.1. The Bertz CT molecular complexity index is 1050. The number of nitrogens with zero attached hydrogens (tertiary/aromatic N) is 3. The summed E-state index contributed by atoms with van der Waals surface area (Å²) in [5, 5.41) is 23.8. The number of carboxylic acid groups (broad SMARTS) is 1. The number of benzene rings is 2. The number of hydrogen-bond acceptors (Lipinski definition) is 5.